The molecule has 0 amide bonds. The molecule has 0 radical (unpaired) electrons. The topological polar surface area (TPSA) is 9.86 Å². The van der Waals surface area contributed by atoms with Crippen molar-refractivity contribution in [1.82, 2.24) is 9.13 Å². The molecule has 4 aromatic carbocycles. The summed E-state index contributed by atoms with van der Waals surface area (Å²) < 4.78 is 4.62. The highest BCUT2D eigenvalue weighted by Crippen LogP contribution is 2.36. The molecule has 0 N–H and O–H groups in total. The molecule has 2 aromatic heterocycles. The van der Waals surface area contributed by atoms with Crippen molar-refractivity contribution in [2.45, 2.75) is 6.92 Å². The lowest BCUT2D eigenvalue weighted by molar-refractivity contribution is 1.01. The smallest absolute Gasteiger partial charge is 0.0538 e. The number of aryl methyl sites for hydroxylation is 1. The fourth-order valence-electron chi connectivity index (χ4n) is 5.23. The molecule has 2 heterocycles. The van der Waals surface area contributed by atoms with E-state index >= 15 is 0 Å². The minimum Gasteiger partial charge on any atom is -0.344 e. The van der Waals surface area contributed by atoms with Gasteiger partial charge in [-0.15, -0.1) is 0 Å². The Balaban J connectivity index is 1.57. The lowest BCUT2D eigenvalue weighted by atomic mass is 10.0. The average Bonchev–Trinajstić information content (AvgIpc) is 3.36. The number of fused-ring (bicyclic) bond motifs is 6. The molecule has 0 saturated heterocycles. The van der Waals surface area contributed by atoms with Crippen molar-refractivity contribution in [2.75, 3.05) is 0 Å². The van der Waals surface area contributed by atoms with Crippen molar-refractivity contribution in [2.24, 2.45) is 7.05 Å². The first-order valence-corrected chi connectivity index (χ1v) is 11.6. The Morgan fingerprint density at radius 1 is 0.647 bits per heavy atom. The van der Waals surface area contributed by atoms with Crippen molar-refractivity contribution in [1.29, 1.82) is 0 Å². The maximum Gasteiger partial charge on any atom is 0.0538 e. The standard InChI is InChI=1S/C32H26N2/c1-4-5-6-11-22(2)34-31-15-10-8-13-26(31)28-21-24(17-19-32(28)34)23-16-18-30-27(20-23)25-12-7-9-14-29(25)33(30)3/h4-21H,1H2,2-3H3/b6-5-,22-11+. The van der Waals surface area contributed by atoms with Gasteiger partial charge in [0.25, 0.3) is 0 Å². The van der Waals surface area contributed by atoms with E-state index in [1.165, 1.54) is 60.4 Å². The van der Waals surface area contributed by atoms with Crippen LogP contribution in [0.4, 0.5) is 0 Å². The molecule has 2 heteroatoms. The van der Waals surface area contributed by atoms with Crippen molar-refractivity contribution < 1.29 is 0 Å². The van der Waals surface area contributed by atoms with Gasteiger partial charge < -0.3 is 9.13 Å². The normalized spacial score (nSPS) is 12.6. The van der Waals surface area contributed by atoms with Gasteiger partial charge >= 0.3 is 0 Å². The SMILES string of the molecule is C=C/C=C\C=C(/C)n1c2ccccc2c2cc(-c3ccc4c(c3)c3ccccc3n4C)ccc21. The van der Waals surface area contributed by atoms with E-state index in [0.29, 0.717) is 0 Å². The average molecular weight is 439 g/mol. The van der Waals surface area contributed by atoms with Crippen LogP contribution in [0.2, 0.25) is 0 Å². The van der Waals surface area contributed by atoms with Crippen LogP contribution < -0.4 is 0 Å². The summed E-state index contributed by atoms with van der Waals surface area (Å²) in [5, 5.41) is 5.14. The molecule has 0 aliphatic carbocycles. The number of hydrogen-bond acceptors (Lipinski definition) is 0. The van der Waals surface area contributed by atoms with Crippen molar-refractivity contribution in [3.8, 4) is 11.1 Å². The molecule has 2 nitrogen and oxygen atoms in total. The van der Waals surface area contributed by atoms with E-state index < -0.39 is 0 Å². The summed E-state index contributed by atoms with van der Waals surface area (Å²) >= 11 is 0. The minimum atomic E-state index is 1.18. The van der Waals surface area contributed by atoms with E-state index in [1.807, 2.05) is 12.2 Å². The molecule has 0 saturated carbocycles. The lowest BCUT2D eigenvalue weighted by Crippen LogP contribution is -1.92. The van der Waals surface area contributed by atoms with Crippen LogP contribution in [0.5, 0.6) is 0 Å². The van der Waals surface area contributed by atoms with E-state index in [-0.39, 0.29) is 0 Å². The molecule has 0 spiro atoms. The van der Waals surface area contributed by atoms with Gasteiger partial charge in [0, 0.05) is 45.3 Å². The van der Waals surface area contributed by atoms with Gasteiger partial charge in [-0.1, -0.05) is 73.3 Å². The lowest BCUT2D eigenvalue weighted by Gasteiger charge is -2.08. The van der Waals surface area contributed by atoms with Crippen molar-refractivity contribution >= 4 is 49.3 Å². The second-order valence-electron chi connectivity index (χ2n) is 8.82. The van der Waals surface area contributed by atoms with Gasteiger partial charge in [0.05, 0.1) is 11.0 Å². The molecule has 164 valence electrons. The molecule has 0 aliphatic heterocycles. The first kappa shape index (κ1) is 20.3. The number of benzene rings is 4. The van der Waals surface area contributed by atoms with Gasteiger partial charge in [-0.25, -0.2) is 0 Å². The third-order valence-electron chi connectivity index (χ3n) is 6.86. The second kappa shape index (κ2) is 7.93. The van der Waals surface area contributed by atoms with Crippen molar-refractivity contribution in [3.05, 3.63) is 116 Å². The van der Waals surface area contributed by atoms with Crippen LogP contribution in [-0.4, -0.2) is 9.13 Å². The largest absolute Gasteiger partial charge is 0.344 e. The first-order valence-electron chi connectivity index (χ1n) is 11.6. The molecular weight excluding hydrogens is 412 g/mol. The van der Waals surface area contributed by atoms with Crippen LogP contribution in [0, 0.1) is 0 Å². The van der Waals surface area contributed by atoms with E-state index in [1.54, 1.807) is 6.08 Å². The number of hydrogen-bond donors (Lipinski definition) is 0. The predicted molar refractivity (Wildman–Crippen MR) is 148 cm³/mol. The Kier molecular flexibility index (Phi) is 4.74. The molecule has 6 rings (SSSR count). The molecular formula is C32H26N2. The summed E-state index contributed by atoms with van der Waals surface area (Å²) in [6.45, 7) is 5.93. The molecule has 34 heavy (non-hydrogen) atoms. The Hall–Kier alpha value is -4.30. The first-order chi connectivity index (χ1) is 16.7. The van der Waals surface area contributed by atoms with Gasteiger partial charge in [-0.05, 0) is 60.5 Å². The van der Waals surface area contributed by atoms with Crippen LogP contribution >= 0.6 is 0 Å². The maximum absolute atomic E-state index is 3.77. The maximum atomic E-state index is 3.77. The molecule has 0 bridgehead atoms. The third-order valence-corrected chi connectivity index (χ3v) is 6.86. The molecule has 6 aromatic rings. The van der Waals surface area contributed by atoms with Crippen LogP contribution in [0.15, 0.2) is 116 Å². The van der Waals surface area contributed by atoms with Crippen molar-refractivity contribution in [3.63, 3.8) is 0 Å². The van der Waals surface area contributed by atoms with Crippen LogP contribution in [0.1, 0.15) is 6.92 Å². The number of aromatic nitrogens is 2. The highest BCUT2D eigenvalue weighted by Gasteiger charge is 2.14. The highest BCUT2D eigenvalue weighted by molar-refractivity contribution is 6.12. The zero-order chi connectivity index (χ0) is 23.2. The summed E-state index contributed by atoms with van der Waals surface area (Å²) in [5.74, 6) is 0. The Bertz CT molecular complexity index is 1790. The van der Waals surface area contributed by atoms with Gasteiger partial charge in [0.2, 0.25) is 0 Å². The zero-order valence-corrected chi connectivity index (χ0v) is 19.5. The monoisotopic (exact) mass is 438 g/mol. The highest BCUT2D eigenvalue weighted by atomic mass is 15.0. The third kappa shape index (κ3) is 3.03. The van der Waals surface area contributed by atoms with Crippen LogP contribution in [0.25, 0.3) is 60.4 Å². The zero-order valence-electron chi connectivity index (χ0n) is 19.5. The predicted octanol–water partition coefficient (Wildman–Crippen LogP) is 8.71. The van der Waals surface area contributed by atoms with E-state index in [9.17, 15) is 0 Å². The van der Waals surface area contributed by atoms with Crippen LogP contribution in [0.3, 0.4) is 0 Å². The van der Waals surface area contributed by atoms with E-state index in [2.05, 4.69) is 121 Å². The molecule has 0 unspecified atom stereocenters. The summed E-state index contributed by atoms with van der Waals surface area (Å²) in [6.07, 6.45) is 7.93. The van der Waals surface area contributed by atoms with E-state index in [0.717, 1.165) is 0 Å². The van der Waals surface area contributed by atoms with Gasteiger partial charge in [0.15, 0.2) is 0 Å². The summed E-state index contributed by atoms with van der Waals surface area (Å²) in [5.41, 5.74) is 8.62. The summed E-state index contributed by atoms with van der Waals surface area (Å²) in [4.78, 5) is 0. The van der Waals surface area contributed by atoms with Crippen LogP contribution in [-0.2, 0) is 7.05 Å². The van der Waals surface area contributed by atoms with Gasteiger partial charge in [-0.2, -0.15) is 0 Å². The summed E-state index contributed by atoms with van der Waals surface area (Å²) in [7, 11) is 2.14. The second-order valence-corrected chi connectivity index (χ2v) is 8.82. The summed E-state index contributed by atoms with van der Waals surface area (Å²) in [6, 6.07) is 31.0. The number of nitrogens with zero attached hydrogens (tertiary/aromatic N) is 2. The quantitative estimate of drug-likeness (QED) is 0.244. The molecule has 0 fully saturated rings. The Morgan fingerprint density at radius 3 is 1.88 bits per heavy atom. The van der Waals surface area contributed by atoms with Gasteiger partial charge in [-0.3, -0.25) is 0 Å². The molecule has 0 atom stereocenters. The Labute approximate surface area is 199 Å². The fourth-order valence-corrected chi connectivity index (χ4v) is 5.23. The fraction of sp³-hybridized carbons (Fsp3) is 0.0625. The number of para-hydroxylation sites is 2. The number of rotatable bonds is 4. The Morgan fingerprint density at radius 2 is 1.18 bits per heavy atom. The van der Waals surface area contributed by atoms with Gasteiger partial charge in [0.1, 0.15) is 0 Å². The van der Waals surface area contributed by atoms with E-state index in [4.69, 9.17) is 0 Å². The molecule has 0 aliphatic rings. The minimum absolute atomic E-state index is 1.18. The number of allylic oxidation sites excluding steroid dienone is 5.